The Morgan fingerprint density at radius 1 is 1.11 bits per heavy atom. The van der Waals surface area contributed by atoms with E-state index in [1.165, 1.54) is 13.0 Å². The van der Waals surface area contributed by atoms with Gasteiger partial charge in [-0.25, -0.2) is 4.39 Å². The number of benzene rings is 2. The smallest absolute Gasteiger partial charge is 0.223 e. The number of ether oxygens (including phenoxy) is 1. The van der Waals surface area contributed by atoms with E-state index in [-0.39, 0.29) is 17.3 Å². The van der Waals surface area contributed by atoms with Crippen LogP contribution in [0.4, 0.5) is 10.1 Å². The highest BCUT2D eigenvalue weighted by Crippen LogP contribution is 2.29. The van der Waals surface area contributed by atoms with E-state index in [1.54, 1.807) is 24.1 Å². The second-order valence-electron chi connectivity index (χ2n) is 7.71. The minimum atomic E-state index is -0.247. The number of aromatic nitrogens is 1. The van der Waals surface area contributed by atoms with Crippen LogP contribution in [-0.2, 0) is 16.9 Å². The van der Waals surface area contributed by atoms with E-state index < -0.39 is 0 Å². The molecule has 5 heteroatoms. The van der Waals surface area contributed by atoms with E-state index in [1.807, 2.05) is 30.3 Å². The Balaban J connectivity index is 1.86. The van der Waals surface area contributed by atoms with Gasteiger partial charge in [0.25, 0.3) is 0 Å². The molecule has 0 N–H and O–H groups in total. The molecule has 0 saturated carbocycles. The number of amides is 1. The summed E-state index contributed by atoms with van der Waals surface area (Å²) in [6, 6.07) is 14.3. The average Bonchev–Trinajstić information content (AvgIpc) is 2.97. The lowest BCUT2D eigenvalue weighted by Gasteiger charge is -2.26. The Hall–Kier alpha value is -2.82. The summed E-state index contributed by atoms with van der Waals surface area (Å²) >= 11 is 0. The number of nitrogens with zero attached hydrogens (tertiary/aromatic N) is 2. The van der Waals surface area contributed by atoms with Gasteiger partial charge in [-0.05, 0) is 69.3 Å². The van der Waals surface area contributed by atoms with Crippen LogP contribution in [0.3, 0.4) is 0 Å². The lowest BCUT2D eigenvalue weighted by atomic mass is 10.1. The molecule has 142 valence electrons. The van der Waals surface area contributed by atoms with E-state index in [2.05, 4.69) is 25.3 Å². The van der Waals surface area contributed by atoms with E-state index in [0.29, 0.717) is 12.4 Å². The zero-order valence-electron chi connectivity index (χ0n) is 16.4. The van der Waals surface area contributed by atoms with Gasteiger partial charge in [0.1, 0.15) is 18.2 Å². The van der Waals surface area contributed by atoms with Gasteiger partial charge >= 0.3 is 0 Å². The maximum absolute atomic E-state index is 13.8. The van der Waals surface area contributed by atoms with Crippen LogP contribution in [0.1, 0.15) is 33.4 Å². The maximum atomic E-state index is 13.8. The maximum Gasteiger partial charge on any atom is 0.223 e. The molecule has 0 fully saturated rings. The summed E-state index contributed by atoms with van der Waals surface area (Å²) in [6.45, 7) is 8.17. The van der Waals surface area contributed by atoms with Crippen molar-refractivity contribution in [3.8, 4) is 5.75 Å². The lowest BCUT2D eigenvalue weighted by Crippen LogP contribution is -2.24. The molecule has 0 bridgehead atoms. The van der Waals surface area contributed by atoms with E-state index >= 15 is 0 Å². The number of carbonyl (C=O) groups excluding carboxylic acids is 1. The van der Waals surface area contributed by atoms with Gasteiger partial charge in [0.2, 0.25) is 5.91 Å². The molecule has 0 saturated heterocycles. The van der Waals surface area contributed by atoms with Crippen molar-refractivity contribution >= 4 is 22.5 Å². The van der Waals surface area contributed by atoms with E-state index in [4.69, 9.17) is 4.74 Å². The van der Waals surface area contributed by atoms with Gasteiger partial charge in [-0.15, -0.1) is 0 Å². The summed E-state index contributed by atoms with van der Waals surface area (Å²) in [5, 5.41) is 0.989. The second kappa shape index (κ2) is 7.06. The van der Waals surface area contributed by atoms with Crippen molar-refractivity contribution in [1.29, 1.82) is 0 Å². The molecule has 3 aromatic rings. The molecule has 0 aliphatic heterocycles. The summed E-state index contributed by atoms with van der Waals surface area (Å²) in [5.74, 6) is 0.446. The molecular weight excluding hydrogens is 343 g/mol. The highest BCUT2D eigenvalue weighted by molar-refractivity contribution is 5.90. The van der Waals surface area contributed by atoms with Gasteiger partial charge in [-0.1, -0.05) is 0 Å². The topological polar surface area (TPSA) is 34.5 Å². The van der Waals surface area contributed by atoms with Crippen LogP contribution in [0.2, 0.25) is 0 Å². The number of carbonyl (C=O) groups is 1. The van der Waals surface area contributed by atoms with Crippen molar-refractivity contribution in [3.05, 3.63) is 60.0 Å². The van der Waals surface area contributed by atoms with Crippen LogP contribution in [0.5, 0.6) is 5.75 Å². The third-order valence-corrected chi connectivity index (χ3v) is 4.60. The number of fused-ring (bicyclic) bond motifs is 1. The molecule has 2 aromatic carbocycles. The van der Waals surface area contributed by atoms with Crippen LogP contribution >= 0.6 is 0 Å². The Bertz CT molecular complexity index is 968. The van der Waals surface area contributed by atoms with Gasteiger partial charge in [0, 0.05) is 30.6 Å². The van der Waals surface area contributed by atoms with Gasteiger partial charge in [-0.3, -0.25) is 4.79 Å². The zero-order chi connectivity index (χ0) is 19.8. The van der Waals surface area contributed by atoms with Crippen molar-refractivity contribution in [1.82, 2.24) is 4.57 Å². The van der Waals surface area contributed by atoms with Gasteiger partial charge < -0.3 is 14.2 Å². The Morgan fingerprint density at radius 2 is 1.78 bits per heavy atom. The predicted molar refractivity (Wildman–Crippen MR) is 107 cm³/mol. The second-order valence-corrected chi connectivity index (χ2v) is 7.71. The van der Waals surface area contributed by atoms with Crippen LogP contribution in [0.25, 0.3) is 10.9 Å². The first-order chi connectivity index (χ1) is 12.7. The first kappa shape index (κ1) is 19.0. The highest BCUT2D eigenvalue weighted by Gasteiger charge is 2.20. The minimum absolute atomic E-state index is 0.0226. The first-order valence-corrected chi connectivity index (χ1v) is 8.94. The van der Waals surface area contributed by atoms with Crippen LogP contribution in [0.15, 0.2) is 48.5 Å². The van der Waals surface area contributed by atoms with Crippen molar-refractivity contribution in [2.24, 2.45) is 0 Å². The minimum Gasteiger partial charge on any atom is -0.487 e. The normalized spacial score (nSPS) is 11.6. The summed E-state index contributed by atoms with van der Waals surface area (Å²) in [4.78, 5) is 13.0. The van der Waals surface area contributed by atoms with Crippen LogP contribution < -0.4 is 9.64 Å². The SMILES string of the molecule is CC(=O)N(C)c1ccc(OCc2cc3ccc(F)cc3n2C(C)(C)C)cc1. The number of anilines is 1. The third kappa shape index (κ3) is 3.97. The molecule has 4 nitrogen and oxygen atoms in total. The van der Waals surface area contributed by atoms with Crippen molar-refractivity contribution in [2.75, 3.05) is 11.9 Å². The molecule has 0 spiro atoms. The monoisotopic (exact) mass is 368 g/mol. The number of rotatable bonds is 4. The molecular formula is C22H25FN2O2. The van der Waals surface area contributed by atoms with Gasteiger partial charge in [-0.2, -0.15) is 0 Å². The fraction of sp³-hybridized carbons (Fsp3) is 0.318. The molecule has 1 aromatic heterocycles. The predicted octanol–water partition coefficient (Wildman–Crippen LogP) is 5.10. The third-order valence-electron chi connectivity index (χ3n) is 4.60. The van der Waals surface area contributed by atoms with E-state index in [0.717, 1.165) is 22.3 Å². The Labute approximate surface area is 159 Å². The van der Waals surface area contributed by atoms with Crippen molar-refractivity contribution in [3.63, 3.8) is 0 Å². The fourth-order valence-corrected chi connectivity index (χ4v) is 3.23. The Kier molecular flexibility index (Phi) is 4.96. The highest BCUT2D eigenvalue weighted by atomic mass is 19.1. The summed E-state index contributed by atoms with van der Waals surface area (Å²) in [6.07, 6.45) is 0. The quantitative estimate of drug-likeness (QED) is 0.642. The number of hydrogen-bond donors (Lipinski definition) is 0. The summed E-state index contributed by atoms with van der Waals surface area (Å²) < 4.78 is 21.8. The van der Waals surface area contributed by atoms with Crippen molar-refractivity contribution < 1.29 is 13.9 Å². The number of hydrogen-bond acceptors (Lipinski definition) is 2. The zero-order valence-corrected chi connectivity index (χ0v) is 16.4. The molecule has 0 atom stereocenters. The standard InChI is InChI=1S/C22H25FN2O2/c1-15(26)24(5)18-8-10-20(11-9-18)27-14-19-12-16-6-7-17(23)13-21(16)25(19)22(2,3)4/h6-13H,14H2,1-5H3. The van der Waals surface area contributed by atoms with Crippen LogP contribution in [0, 0.1) is 5.82 Å². The summed E-state index contributed by atoms with van der Waals surface area (Å²) in [5.41, 5.74) is 2.45. The molecule has 1 heterocycles. The van der Waals surface area contributed by atoms with Crippen LogP contribution in [-0.4, -0.2) is 17.5 Å². The molecule has 0 radical (unpaired) electrons. The van der Waals surface area contributed by atoms with Gasteiger partial charge in [0.15, 0.2) is 0 Å². The number of halogens is 1. The fourth-order valence-electron chi connectivity index (χ4n) is 3.23. The largest absolute Gasteiger partial charge is 0.487 e. The molecule has 1 amide bonds. The van der Waals surface area contributed by atoms with E-state index in [9.17, 15) is 9.18 Å². The van der Waals surface area contributed by atoms with Gasteiger partial charge in [0.05, 0.1) is 11.2 Å². The van der Waals surface area contributed by atoms with Crippen molar-refractivity contribution in [2.45, 2.75) is 39.8 Å². The first-order valence-electron chi connectivity index (χ1n) is 8.94. The molecule has 27 heavy (non-hydrogen) atoms. The molecule has 0 aliphatic rings. The molecule has 3 rings (SSSR count). The Morgan fingerprint density at radius 3 is 2.37 bits per heavy atom. The average molecular weight is 368 g/mol. The molecule has 0 aliphatic carbocycles. The molecule has 0 unspecified atom stereocenters. The lowest BCUT2D eigenvalue weighted by molar-refractivity contribution is -0.116. The summed E-state index contributed by atoms with van der Waals surface area (Å²) in [7, 11) is 1.74.